The first-order valence-corrected chi connectivity index (χ1v) is 7.23. The Kier molecular flexibility index (Phi) is 3.28. The zero-order valence-electron chi connectivity index (χ0n) is 10.3. The Morgan fingerprint density at radius 1 is 1.28 bits per heavy atom. The number of aromatic nitrogens is 2. The maximum absolute atomic E-state index is 5.17. The predicted molar refractivity (Wildman–Crippen MR) is 79.1 cm³/mol. The van der Waals surface area contributed by atoms with Crippen molar-refractivity contribution < 1.29 is 4.74 Å². The third-order valence-electron chi connectivity index (χ3n) is 3.45. The van der Waals surface area contributed by atoms with E-state index in [1.165, 1.54) is 39.8 Å². The Morgan fingerprint density at radius 3 is 2.78 bits per heavy atom. The van der Waals surface area contributed by atoms with Crippen molar-refractivity contribution in [2.45, 2.75) is 25.8 Å². The number of halogens is 1. The molecule has 1 heterocycles. The number of methoxy groups -OCH3 is 1. The first-order chi connectivity index (χ1) is 8.78. The number of ether oxygens (including phenoxy) is 1. The van der Waals surface area contributed by atoms with Gasteiger partial charge in [0.1, 0.15) is 9.45 Å². The van der Waals surface area contributed by atoms with Gasteiger partial charge in [-0.2, -0.15) is 5.10 Å². The van der Waals surface area contributed by atoms with E-state index in [9.17, 15) is 0 Å². The lowest BCUT2D eigenvalue weighted by atomic mass is 10.2. The monoisotopic (exact) mass is 354 g/mol. The summed E-state index contributed by atoms with van der Waals surface area (Å²) in [6.45, 7) is 0.856. The summed E-state index contributed by atoms with van der Waals surface area (Å²) in [5.41, 5.74) is 4.16. The van der Waals surface area contributed by atoms with Crippen molar-refractivity contribution in [2.24, 2.45) is 0 Å². The van der Waals surface area contributed by atoms with Crippen molar-refractivity contribution in [3.63, 3.8) is 0 Å². The van der Waals surface area contributed by atoms with E-state index in [0.29, 0.717) is 0 Å². The van der Waals surface area contributed by atoms with E-state index in [4.69, 9.17) is 4.74 Å². The molecule has 94 valence electrons. The second-order valence-corrected chi connectivity index (χ2v) is 5.60. The molecular formula is C14H15IN2O. The lowest BCUT2D eigenvalue weighted by Gasteiger charge is -2.06. The van der Waals surface area contributed by atoms with Crippen LogP contribution in [0, 0.1) is 3.70 Å². The predicted octanol–water partition coefficient (Wildman–Crippen LogP) is 3.03. The van der Waals surface area contributed by atoms with Gasteiger partial charge in [-0.1, -0.05) is 12.1 Å². The molecule has 0 fully saturated rings. The molecule has 0 amide bonds. The van der Waals surface area contributed by atoms with Crippen molar-refractivity contribution in [1.29, 1.82) is 0 Å². The number of rotatable bonds is 3. The minimum absolute atomic E-state index is 0.856. The zero-order valence-corrected chi connectivity index (χ0v) is 12.5. The maximum Gasteiger partial charge on any atom is 0.126 e. The van der Waals surface area contributed by atoms with Crippen LogP contribution in [0.1, 0.15) is 23.2 Å². The van der Waals surface area contributed by atoms with Crippen LogP contribution in [0.15, 0.2) is 24.3 Å². The van der Waals surface area contributed by atoms with Gasteiger partial charge in [0.2, 0.25) is 0 Å². The molecule has 18 heavy (non-hydrogen) atoms. The van der Waals surface area contributed by atoms with Gasteiger partial charge in [0, 0.05) is 11.3 Å². The van der Waals surface area contributed by atoms with E-state index in [0.717, 1.165) is 12.3 Å². The number of hydrogen-bond acceptors (Lipinski definition) is 2. The second-order valence-electron chi connectivity index (χ2n) is 4.58. The van der Waals surface area contributed by atoms with Crippen LogP contribution in [0.4, 0.5) is 0 Å². The fraction of sp³-hybridized carbons (Fsp3) is 0.357. The third-order valence-corrected chi connectivity index (χ3v) is 4.32. The van der Waals surface area contributed by atoms with Crippen LogP contribution in [0.3, 0.4) is 0 Å². The Balaban J connectivity index is 1.86. The van der Waals surface area contributed by atoms with Gasteiger partial charge in [0.25, 0.3) is 0 Å². The molecule has 0 spiro atoms. The molecule has 1 aromatic carbocycles. The first-order valence-electron chi connectivity index (χ1n) is 6.15. The highest BCUT2D eigenvalue weighted by molar-refractivity contribution is 14.1. The molecule has 0 saturated heterocycles. The Hall–Kier alpha value is -1.04. The van der Waals surface area contributed by atoms with Gasteiger partial charge in [0.05, 0.1) is 13.7 Å². The van der Waals surface area contributed by atoms with Gasteiger partial charge < -0.3 is 4.74 Å². The second kappa shape index (κ2) is 4.91. The van der Waals surface area contributed by atoms with Crippen molar-refractivity contribution in [3.8, 4) is 5.75 Å². The van der Waals surface area contributed by atoms with Crippen LogP contribution in [-0.2, 0) is 19.4 Å². The summed E-state index contributed by atoms with van der Waals surface area (Å²) < 4.78 is 8.51. The SMILES string of the molecule is COc1ccc(Cn2nc(I)c3c2CCC3)cc1. The van der Waals surface area contributed by atoms with Crippen molar-refractivity contribution in [3.05, 3.63) is 44.8 Å². The molecule has 4 heteroatoms. The van der Waals surface area contributed by atoms with E-state index in [2.05, 4.69) is 44.5 Å². The Labute approximate surface area is 120 Å². The van der Waals surface area contributed by atoms with Crippen molar-refractivity contribution >= 4 is 22.6 Å². The van der Waals surface area contributed by atoms with Gasteiger partial charge in [-0.05, 0) is 59.5 Å². The molecule has 0 bridgehead atoms. The van der Waals surface area contributed by atoms with E-state index < -0.39 is 0 Å². The van der Waals surface area contributed by atoms with E-state index in [1.54, 1.807) is 7.11 Å². The van der Waals surface area contributed by atoms with Crippen molar-refractivity contribution in [1.82, 2.24) is 9.78 Å². The molecular weight excluding hydrogens is 339 g/mol. The van der Waals surface area contributed by atoms with Crippen LogP contribution in [0.25, 0.3) is 0 Å². The molecule has 0 saturated carbocycles. The molecule has 1 aromatic heterocycles. The minimum Gasteiger partial charge on any atom is -0.497 e. The molecule has 2 aromatic rings. The van der Waals surface area contributed by atoms with E-state index in [-0.39, 0.29) is 0 Å². The maximum atomic E-state index is 5.17. The van der Waals surface area contributed by atoms with Gasteiger partial charge in [-0.25, -0.2) is 0 Å². The highest BCUT2D eigenvalue weighted by Gasteiger charge is 2.20. The minimum atomic E-state index is 0.856. The summed E-state index contributed by atoms with van der Waals surface area (Å²) in [6.07, 6.45) is 3.63. The summed E-state index contributed by atoms with van der Waals surface area (Å²) in [5.74, 6) is 0.902. The highest BCUT2D eigenvalue weighted by atomic mass is 127. The third kappa shape index (κ3) is 2.13. The molecule has 0 aliphatic heterocycles. The average Bonchev–Trinajstić information content (AvgIpc) is 2.97. The quantitative estimate of drug-likeness (QED) is 0.793. The van der Waals surface area contributed by atoms with Crippen LogP contribution >= 0.6 is 22.6 Å². The Bertz CT molecular complexity index is 560. The lowest BCUT2D eigenvalue weighted by molar-refractivity contribution is 0.414. The number of hydrogen-bond donors (Lipinski definition) is 0. The molecule has 0 radical (unpaired) electrons. The standard InChI is InChI=1S/C14H15IN2O/c1-18-11-7-5-10(6-8-11)9-17-13-4-2-3-12(13)14(15)16-17/h5-8H,2-4,9H2,1H3. The number of benzene rings is 1. The van der Waals surface area contributed by atoms with Gasteiger partial charge in [-0.3, -0.25) is 4.68 Å². The van der Waals surface area contributed by atoms with Gasteiger partial charge in [-0.15, -0.1) is 0 Å². The summed E-state index contributed by atoms with van der Waals surface area (Å²) in [4.78, 5) is 0. The molecule has 0 N–H and O–H groups in total. The van der Waals surface area contributed by atoms with Crippen LogP contribution in [0.5, 0.6) is 5.75 Å². The number of fused-ring (bicyclic) bond motifs is 1. The molecule has 3 nitrogen and oxygen atoms in total. The first kappa shape index (κ1) is 12.0. The largest absolute Gasteiger partial charge is 0.497 e. The van der Waals surface area contributed by atoms with Crippen LogP contribution in [-0.4, -0.2) is 16.9 Å². The Morgan fingerprint density at radius 2 is 2.06 bits per heavy atom. The normalized spacial score (nSPS) is 13.7. The summed E-state index contributed by atoms with van der Waals surface area (Å²) in [6, 6.07) is 8.22. The van der Waals surface area contributed by atoms with Crippen LogP contribution in [0.2, 0.25) is 0 Å². The molecule has 1 aliphatic rings. The topological polar surface area (TPSA) is 27.1 Å². The summed E-state index contributed by atoms with van der Waals surface area (Å²) in [5, 5.41) is 4.64. The lowest BCUT2D eigenvalue weighted by Crippen LogP contribution is -2.05. The van der Waals surface area contributed by atoms with E-state index in [1.807, 2.05) is 12.1 Å². The molecule has 1 aliphatic carbocycles. The fourth-order valence-corrected chi connectivity index (χ4v) is 3.34. The highest BCUT2D eigenvalue weighted by Crippen LogP contribution is 2.27. The molecule has 0 unspecified atom stereocenters. The molecule has 3 rings (SSSR count). The number of nitrogens with zero attached hydrogens (tertiary/aromatic N) is 2. The summed E-state index contributed by atoms with van der Waals surface area (Å²) in [7, 11) is 1.69. The zero-order chi connectivity index (χ0) is 12.5. The fourth-order valence-electron chi connectivity index (χ4n) is 2.50. The van der Waals surface area contributed by atoms with E-state index >= 15 is 0 Å². The van der Waals surface area contributed by atoms with Gasteiger partial charge >= 0.3 is 0 Å². The summed E-state index contributed by atoms with van der Waals surface area (Å²) >= 11 is 2.35. The van der Waals surface area contributed by atoms with Crippen LogP contribution < -0.4 is 4.74 Å². The van der Waals surface area contributed by atoms with Crippen molar-refractivity contribution in [2.75, 3.05) is 7.11 Å². The average molecular weight is 354 g/mol. The van der Waals surface area contributed by atoms with Gasteiger partial charge in [0.15, 0.2) is 0 Å². The smallest absolute Gasteiger partial charge is 0.126 e. The molecule has 0 atom stereocenters.